The number of benzene rings is 2. The first-order valence-electron chi connectivity index (χ1n) is 8.24. The Labute approximate surface area is 158 Å². The largest absolute Gasteiger partial charge is 0.416 e. The molecule has 0 saturated carbocycles. The van der Waals surface area contributed by atoms with Crippen LogP contribution in [0.1, 0.15) is 21.6 Å². The summed E-state index contributed by atoms with van der Waals surface area (Å²) in [4.78, 5) is 16.2. The quantitative estimate of drug-likeness (QED) is 0.597. The molecule has 0 saturated heterocycles. The van der Waals surface area contributed by atoms with Crippen LogP contribution in [0.2, 0.25) is 0 Å². The molecule has 0 fully saturated rings. The van der Waals surface area contributed by atoms with Crippen LogP contribution in [0.15, 0.2) is 66.9 Å². The van der Waals surface area contributed by atoms with Crippen molar-refractivity contribution in [2.45, 2.75) is 12.7 Å². The number of carbonyl (C=O) groups is 1. The van der Waals surface area contributed by atoms with Crippen molar-refractivity contribution in [3.63, 3.8) is 0 Å². The minimum atomic E-state index is -4.43. The molecule has 2 N–H and O–H groups in total. The van der Waals surface area contributed by atoms with Gasteiger partial charge in [-0.15, -0.1) is 0 Å². The lowest BCUT2D eigenvalue weighted by Gasteiger charge is -2.09. The van der Waals surface area contributed by atoms with Gasteiger partial charge in [0.05, 0.1) is 17.4 Å². The molecule has 8 heteroatoms. The van der Waals surface area contributed by atoms with E-state index < -0.39 is 17.6 Å². The first-order chi connectivity index (χ1) is 13.3. The molecule has 0 radical (unpaired) electrons. The predicted octanol–water partition coefficient (Wildman–Crippen LogP) is 5.10. The van der Waals surface area contributed by atoms with Gasteiger partial charge >= 0.3 is 6.18 Å². The summed E-state index contributed by atoms with van der Waals surface area (Å²) in [6.45, 7) is 0.457. The van der Waals surface area contributed by atoms with Gasteiger partial charge in [-0.05, 0) is 54.1 Å². The second-order valence-corrected chi connectivity index (χ2v) is 5.94. The minimum absolute atomic E-state index is 0.118. The van der Waals surface area contributed by atoms with E-state index >= 15 is 0 Å². The van der Waals surface area contributed by atoms with Gasteiger partial charge in [0.2, 0.25) is 0 Å². The Hall–Kier alpha value is -3.42. The van der Waals surface area contributed by atoms with Crippen LogP contribution < -0.4 is 10.6 Å². The van der Waals surface area contributed by atoms with Gasteiger partial charge in [-0.2, -0.15) is 13.2 Å². The predicted molar refractivity (Wildman–Crippen MR) is 97.4 cm³/mol. The van der Waals surface area contributed by atoms with Crippen LogP contribution in [0.4, 0.5) is 28.9 Å². The number of hydrogen-bond acceptors (Lipinski definition) is 3. The maximum Gasteiger partial charge on any atom is 0.416 e. The Balaban J connectivity index is 1.58. The first kappa shape index (κ1) is 19.3. The summed E-state index contributed by atoms with van der Waals surface area (Å²) in [6, 6.07) is 13.3. The van der Waals surface area contributed by atoms with Crippen LogP contribution in [0, 0.1) is 5.82 Å². The van der Waals surface area contributed by atoms with Gasteiger partial charge in [0.15, 0.2) is 0 Å². The highest BCUT2D eigenvalue weighted by molar-refractivity contribution is 6.02. The van der Waals surface area contributed by atoms with Gasteiger partial charge in [0.25, 0.3) is 5.91 Å². The van der Waals surface area contributed by atoms with E-state index in [1.165, 1.54) is 36.5 Å². The van der Waals surface area contributed by atoms with E-state index in [0.717, 1.165) is 17.7 Å². The topological polar surface area (TPSA) is 54.0 Å². The fourth-order valence-corrected chi connectivity index (χ4v) is 2.38. The van der Waals surface area contributed by atoms with Crippen LogP contribution in [0.3, 0.4) is 0 Å². The lowest BCUT2D eigenvalue weighted by atomic mass is 10.2. The maximum atomic E-state index is 12.9. The Morgan fingerprint density at radius 3 is 2.11 bits per heavy atom. The maximum absolute atomic E-state index is 12.9. The third kappa shape index (κ3) is 5.06. The van der Waals surface area contributed by atoms with E-state index in [0.29, 0.717) is 12.2 Å². The molecule has 3 aromatic rings. The van der Waals surface area contributed by atoms with Crippen LogP contribution in [0.5, 0.6) is 0 Å². The molecule has 2 aromatic carbocycles. The molecule has 0 unspecified atom stereocenters. The van der Waals surface area contributed by atoms with Crippen molar-refractivity contribution in [3.05, 3.63) is 89.5 Å². The van der Waals surface area contributed by atoms with E-state index in [9.17, 15) is 22.4 Å². The summed E-state index contributed by atoms with van der Waals surface area (Å²) in [5.74, 6) is -0.848. The molecule has 28 heavy (non-hydrogen) atoms. The van der Waals surface area contributed by atoms with Crippen molar-refractivity contribution in [2.75, 3.05) is 10.6 Å². The van der Waals surface area contributed by atoms with Gasteiger partial charge < -0.3 is 10.6 Å². The number of nitrogens with zero attached hydrogens (tertiary/aromatic N) is 1. The molecule has 1 amide bonds. The van der Waals surface area contributed by atoms with Gasteiger partial charge in [0, 0.05) is 12.2 Å². The normalized spacial score (nSPS) is 11.1. The third-order valence-electron chi connectivity index (χ3n) is 3.88. The number of rotatable bonds is 5. The van der Waals surface area contributed by atoms with Gasteiger partial charge in [-0.1, -0.05) is 12.1 Å². The first-order valence-corrected chi connectivity index (χ1v) is 8.24. The molecular formula is C20H15F4N3O. The standard InChI is InChI=1S/C20H15F4N3O/c21-15-5-1-13(2-6-15)11-25-17-9-10-18(26-12-17)19(28)27-16-7-3-14(4-8-16)20(22,23)24/h1-10,12,25H,11H2,(H,27,28). The monoisotopic (exact) mass is 389 g/mol. The molecule has 1 heterocycles. The van der Waals surface area contributed by atoms with Crippen LogP contribution in [-0.2, 0) is 12.7 Å². The van der Waals surface area contributed by atoms with Gasteiger partial charge in [-0.25, -0.2) is 9.37 Å². The SMILES string of the molecule is O=C(Nc1ccc(C(F)(F)F)cc1)c1ccc(NCc2ccc(F)cc2)cn1. The van der Waals surface area contributed by atoms with Crippen molar-refractivity contribution in [1.29, 1.82) is 0 Å². The average Bonchev–Trinajstić information content (AvgIpc) is 2.67. The molecule has 0 spiro atoms. The number of aromatic nitrogens is 1. The fraction of sp³-hybridized carbons (Fsp3) is 0.100. The summed E-state index contributed by atoms with van der Waals surface area (Å²) in [6.07, 6.45) is -2.97. The molecule has 3 rings (SSSR count). The van der Waals surface area contributed by atoms with E-state index in [-0.39, 0.29) is 17.2 Å². The molecular weight excluding hydrogens is 374 g/mol. The zero-order chi connectivity index (χ0) is 20.1. The number of nitrogens with one attached hydrogen (secondary N) is 2. The van der Waals surface area contributed by atoms with E-state index in [1.54, 1.807) is 18.2 Å². The highest BCUT2D eigenvalue weighted by Crippen LogP contribution is 2.29. The van der Waals surface area contributed by atoms with Crippen molar-refractivity contribution in [2.24, 2.45) is 0 Å². The Morgan fingerprint density at radius 2 is 1.54 bits per heavy atom. The van der Waals surface area contributed by atoms with E-state index in [4.69, 9.17) is 0 Å². The van der Waals surface area contributed by atoms with Crippen molar-refractivity contribution in [1.82, 2.24) is 4.98 Å². The van der Waals surface area contributed by atoms with Crippen molar-refractivity contribution < 1.29 is 22.4 Å². The second kappa shape index (κ2) is 8.08. The molecule has 0 aliphatic carbocycles. The van der Waals surface area contributed by atoms with Gasteiger partial charge in [0.1, 0.15) is 11.5 Å². The highest BCUT2D eigenvalue weighted by Gasteiger charge is 2.30. The molecule has 4 nitrogen and oxygen atoms in total. The Bertz CT molecular complexity index is 937. The molecule has 0 bridgehead atoms. The van der Waals surface area contributed by atoms with E-state index in [2.05, 4.69) is 15.6 Å². The molecule has 0 atom stereocenters. The molecule has 144 valence electrons. The summed E-state index contributed by atoms with van der Waals surface area (Å²) in [5.41, 5.74) is 1.10. The van der Waals surface area contributed by atoms with E-state index in [1.807, 2.05) is 0 Å². The Morgan fingerprint density at radius 1 is 0.893 bits per heavy atom. The molecule has 0 aliphatic rings. The van der Waals surface area contributed by atoms with Crippen LogP contribution in [0.25, 0.3) is 0 Å². The summed E-state index contributed by atoms with van der Waals surface area (Å²) in [5, 5.41) is 5.59. The number of hydrogen-bond donors (Lipinski definition) is 2. The van der Waals surface area contributed by atoms with Crippen molar-refractivity contribution >= 4 is 17.3 Å². The van der Waals surface area contributed by atoms with Crippen LogP contribution >= 0.6 is 0 Å². The van der Waals surface area contributed by atoms with Gasteiger partial charge in [-0.3, -0.25) is 4.79 Å². The summed E-state index contributed by atoms with van der Waals surface area (Å²) >= 11 is 0. The Kier molecular flexibility index (Phi) is 5.58. The minimum Gasteiger partial charge on any atom is -0.380 e. The fourth-order valence-electron chi connectivity index (χ4n) is 2.38. The zero-order valence-electron chi connectivity index (χ0n) is 14.4. The number of amides is 1. The zero-order valence-corrected chi connectivity index (χ0v) is 14.4. The summed E-state index contributed by atoms with van der Waals surface area (Å²) < 4.78 is 50.5. The smallest absolute Gasteiger partial charge is 0.380 e. The highest BCUT2D eigenvalue weighted by atomic mass is 19.4. The average molecular weight is 389 g/mol. The number of alkyl halides is 3. The summed E-state index contributed by atoms with van der Waals surface area (Å²) in [7, 11) is 0. The van der Waals surface area contributed by atoms with Crippen molar-refractivity contribution in [3.8, 4) is 0 Å². The number of halogens is 4. The number of pyridine rings is 1. The second-order valence-electron chi connectivity index (χ2n) is 5.94. The number of carbonyl (C=O) groups excluding carboxylic acids is 1. The molecule has 1 aromatic heterocycles. The van der Waals surface area contributed by atoms with Crippen LogP contribution in [-0.4, -0.2) is 10.9 Å². The number of anilines is 2. The lowest BCUT2D eigenvalue weighted by molar-refractivity contribution is -0.137. The third-order valence-corrected chi connectivity index (χ3v) is 3.88. The lowest BCUT2D eigenvalue weighted by Crippen LogP contribution is -2.14. The molecule has 0 aliphatic heterocycles.